The van der Waals surface area contributed by atoms with Crippen molar-refractivity contribution in [3.8, 4) is 5.75 Å². The van der Waals surface area contributed by atoms with Crippen LogP contribution in [-0.2, 0) is 0 Å². The van der Waals surface area contributed by atoms with Crippen molar-refractivity contribution < 1.29 is 4.74 Å². The van der Waals surface area contributed by atoms with Crippen LogP contribution in [0.15, 0.2) is 24.3 Å². The monoisotopic (exact) mass is 137 g/mol. The Labute approximate surface area is 62.6 Å². The van der Waals surface area contributed by atoms with Gasteiger partial charge >= 0.3 is 0 Å². The molecule has 0 radical (unpaired) electrons. The molecule has 0 spiro atoms. The van der Waals surface area contributed by atoms with E-state index in [4.69, 9.17) is 10.5 Å². The first-order valence-corrected chi connectivity index (χ1v) is 2.72. The molecule has 0 aromatic heterocycles. The predicted molar refractivity (Wildman–Crippen MR) is 47.3 cm³/mol. The number of benzene rings is 1. The second-order valence-electron chi connectivity index (χ2n) is 1.77. The number of hydrogen-bond acceptors (Lipinski definition) is 2. The van der Waals surface area contributed by atoms with Gasteiger partial charge in [0.05, 0.1) is 15.5 Å². The summed E-state index contributed by atoms with van der Waals surface area (Å²) in [5, 5.41) is 0. The van der Waals surface area contributed by atoms with E-state index < -0.39 is 0 Å². The number of anilines is 1. The first kappa shape index (κ1) is 8.88. The molecule has 1 rings (SSSR count). The topological polar surface area (TPSA) is 35.2 Å². The Morgan fingerprint density at radius 3 is 2.10 bits per heavy atom. The smallest absolute Gasteiger partial charge is 0.119 e. The van der Waals surface area contributed by atoms with Gasteiger partial charge in [-0.05, 0) is 24.3 Å². The number of hydrogen-bond donors (Lipinski definition) is 1. The molecule has 54 valence electrons. The molecular weight excluding hydrogens is 125 g/mol. The standard InChI is InChI=1S/C7H9NO.BH3/c1-9-7-4-2-6(8)3-5-7;/h2-5H,8H2,1H3;1H3. The van der Waals surface area contributed by atoms with Gasteiger partial charge in [0, 0.05) is 5.69 Å². The van der Waals surface area contributed by atoms with Crippen molar-refractivity contribution in [2.45, 2.75) is 0 Å². The summed E-state index contributed by atoms with van der Waals surface area (Å²) >= 11 is 0. The maximum Gasteiger partial charge on any atom is 0.119 e. The van der Waals surface area contributed by atoms with Crippen molar-refractivity contribution in [3.05, 3.63) is 24.3 Å². The van der Waals surface area contributed by atoms with Gasteiger partial charge in [-0.2, -0.15) is 0 Å². The van der Waals surface area contributed by atoms with Crippen molar-refractivity contribution in [2.75, 3.05) is 12.8 Å². The Kier molecular flexibility index (Phi) is 3.40. The minimum Gasteiger partial charge on any atom is -0.497 e. The van der Waals surface area contributed by atoms with Crippen molar-refractivity contribution in [1.29, 1.82) is 0 Å². The van der Waals surface area contributed by atoms with E-state index >= 15 is 0 Å². The fraction of sp³-hybridized carbons (Fsp3) is 0.143. The molecule has 0 saturated heterocycles. The van der Waals surface area contributed by atoms with Crippen LogP contribution in [0.25, 0.3) is 0 Å². The predicted octanol–water partition coefficient (Wildman–Crippen LogP) is 0.0935. The molecule has 0 amide bonds. The number of ether oxygens (including phenoxy) is 1. The number of nitrogen functional groups attached to an aromatic ring is 1. The number of nitrogens with two attached hydrogens (primary N) is 1. The van der Waals surface area contributed by atoms with Gasteiger partial charge in [0.1, 0.15) is 5.75 Å². The van der Waals surface area contributed by atoms with Gasteiger partial charge in [0.25, 0.3) is 0 Å². The summed E-state index contributed by atoms with van der Waals surface area (Å²) in [4.78, 5) is 0. The lowest BCUT2D eigenvalue weighted by atomic mass is 10.3. The molecule has 1 aromatic carbocycles. The highest BCUT2D eigenvalue weighted by molar-refractivity contribution is 5.75. The van der Waals surface area contributed by atoms with E-state index in [2.05, 4.69) is 0 Å². The molecule has 0 fully saturated rings. The first-order valence-electron chi connectivity index (χ1n) is 2.72. The maximum absolute atomic E-state index is 5.43. The maximum atomic E-state index is 5.43. The normalized spacial score (nSPS) is 8.10. The van der Waals surface area contributed by atoms with E-state index in [0.29, 0.717) is 0 Å². The Balaban J connectivity index is 0.000000810. The van der Waals surface area contributed by atoms with Crippen LogP contribution in [0.3, 0.4) is 0 Å². The molecule has 0 aliphatic carbocycles. The van der Waals surface area contributed by atoms with E-state index in [0.717, 1.165) is 11.4 Å². The Morgan fingerprint density at radius 2 is 1.70 bits per heavy atom. The van der Waals surface area contributed by atoms with E-state index in [1.54, 1.807) is 19.2 Å². The molecule has 1 aromatic rings. The summed E-state index contributed by atoms with van der Waals surface area (Å²) in [5.74, 6) is 0.837. The molecule has 2 N–H and O–H groups in total. The summed E-state index contributed by atoms with van der Waals surface area (Å²) in [6, 6.07) is 7.27. The SMILES string of the molecule is B.COc1ccc(N)cc1. The van der Waals surface area contributed by atoms with Crippen LogP contribution in [0.4, 0.5) is 5.69 Å². The zero-order chi connectivity index (χ0) is 6.69. The van der Waals surface area contributed by atoms with Crippen LogP contribution in [0.2, 0.25) is 0 Å². The van der Waals surface area contributed by atoms with E-state index in [1.165, 1.54) is 0 Å². The third-order valence-corrected chi connectivity index (χ3v) is 1.12. The van der Waals surface area contributed by atoms with Crippen molar-refractivity contribution in [1.82, 2.24) is 0 Å². The zero-order valence-electron chi connectivity index (χ0n) is 5.29. The molecule has 3 heteroatoms. The fourth-order valence-corrected chi connectivity index (χ4v) is 0.604. The van der Waals surface area contributed by atoms with Gasteiger partial charge in [-0.1, -0.05) is 0 Å². The Bertz CT molecular complexity index is 185. The van der Waals surface area contributed by atoms with Crippen LogP contribution in [-0.4, -0.2) is 15.5 Å². The van der Waals surface area contributed by atoms with Gasteiger partial charge < -0.3 is 10.5 Å². The first-order chi connectivity index (χ1) is 4.33. The molecule has 2 nitrogen and oxygen atoms in total. The molecule has 0 aliphatic rings. The molecule has 0 bridgehead atoms. The second-order valence-corrected chi connectivity index (χ2v) is 1.77. The Hall–Kier alpha value is -1.12. The lowest BCUT2D eigenvalue weighted by Crippen LogP contribution is -1.84. The molecular formula is C7H12BNO. The third kappa shape index (κ3) is 2.01. The molecule has 0 saturated carbocycles. The second kappa shape index (κ2) is 3.83. The van der Waals surface area contributed by atoms with E-state index in [1.807, 2.05) is 12.1 Å². The minimum atomic E-state index is 0. The molecule has 0 atom stereocenters. The molecule has 10 heavy (non-hydrogen) atoms. The Morgan fingerprint density at radius 1 is 1.20 bits per heavy atom. The van der Waals surface area contributed by atoms with Crippen molar-refractivity contribution in [3.63, 3.8) is 0 Å². The van der Waals surface area contributed by atoms with Crippen LogP contribution in [0.5, 0.6) is 5.75 Å². The molecule has 0 heterocycles. The highest BCUT2D eigenvalue weighted by Crippen LogP contribution is 2.11. The van der Waals surface area contributed by atoms with Gasteiger partial charge in [-0.3, -0.25) is 0 Å². The van der Waals surface area contributed by atoms with E-state index in [-0.39, 0.29) is 8.41 Å². The summed E-state index contributed by atoms with van der Waals surface area (Å²) in [6.07, 6.45) is 0. The fourth-order valence-electron chi connectivity index (χ4n) is 0.604. The van der Waals surface area contributed by atoms with Gasteiger partial charge in [-0.25, -0.2) is 0 Å². The van der Waals surface area contributed by atoms with Crippen molar-refractivity contribution >= 4 is 14.1 Å². The molecule has 0 unspecified atom stereocenters. The number of rotatable bonds is 1. The zero-order valence-corrected chi connectivity index (χ0v) is 5.29. The number of methoxy groups -OCH3 is 1. The summed E-state index contributed by atoms with van der Waals surface area (Å²) in [5.41, 5.74) is 6.19. The van der Waals surface area contributed by atoms with Crippen LogP contribution in [0, 0.1) is 0 Å². The summed E-state index contributed by atoms with van der Waals surface area (Å²) in [6.45, 7) is 0. The summed E-state index contributed by atoms with van der Waals surface area (Å²) < 4.78 is 4.91. The van der Waals surface area contributed by atoms with Crippen LogP contribution >= 0.6 is 0 Å². The third-order valence-electron chi connectivity index (χ3n) is 1.12. The van der Waals surface area contributed by atoms with Gasteiger partial charge in [0.15, 0.2) is 0 Å². The quantitative estimate of drug-likeness (QED) is 0.439. The summed E-state index contributed by atoms with van der Waals surface area (Å²) in [7, 11) is 1.63. The van der Waals surface area contributed by atoms with Crippen LogP contribution in [0.1, 0.15) is 0 Å². The highest BCUT2D eigenvalue weighted by atomic mass is 16.5. The van der Waals surface area contributed by atoms with Gasteiger partial charge in [-0.15, -0.1) is 0 Å². The lowest BCUT2D eigenvalue weighted by Gasteiger charge is -1.97. The highest BCUT2D eigenvalue weighted by Gasteiger charge is 1.85. The van der Waals surface area contributed by atoms with Crippen molar-refractivity contribution in [2.24, 2.45) is 0 Å². The average molecular weight is 137 g/mol. The van der Waals surface area contributed by atoms with E-state index in [9.17, 15) is 0 Å². The largest absolute Gasteiger partial charge is 0.497 e. The minimum absolute atomic E-state index is 0. The lowest BCUT2D eigenvalue weighted by molar-refractivity contribution is 0.415. The van der Waals surface area contributed by atoms with Gasteiger partial charge in [0.2, 0.25) is 0 Å². The molecule has 0 aliphatic heterocycles. The van der Waals surface area contributed by atoms with Crippen LogP contribution < -0.4 is 10.5 Å². The average Bonchev–Trinajstić information content (AvgIpc) is 1.90.